The number of carbonyl (C=O) groups is 2. The molecule has 1 aliphatic rings. The van der Waals surface area contributed by atoms with Crippen molar-refractivity contribution in [3.8, 4) is 17.2 Å². The third kappa shape index (κ3) is 5.59. The first-order valence-electron chi connectivity index (χ1n) is 8.02. The summed E-state index contributed by atoms with van der Waals surface area (Å²) in [7, 11) is 0. The molecule has 0 spiro atoms. The minimum atomic E-state index is -0.900. The fourth-order valence-corrected chi connectivity index (χ4v) is 3.50. The zero-order valence-corrected chi connectivity index (χ0v) is 16.5. The van der Waals surface area contributed by atoms with E-state index < -0.39 is 12.0 Å². The minimum absolute atomic E-state index is 0.00378. The van der Waals surface area contributed by atoms with E-state index in [1.165, 1.54) is 11.3 Å². The molecule has 0 bridgehead atoms. The molecule has 144 valence electrons. The number of fused-ring (bicyclic) bond motifs is 1. The van der Waals surface area contributed by atoms with Gasteiger partial charge in [-0.2, -0.15) is 0 Å². The average molecular weight is 457 g/mol. The van der Waals surface area contributed by atoms with E-state index in [9.17, 15) is 14.7 Å². The summed E-state index contributed by atoms with van der Waals surface area (Å²) in [5.41, 5.74) is 0. The van der Waals surface area contributed by atoms with Crippen LogP contribution < -0.4 is 24.8 Å². The standard InChI is InChI=1S/C17H17BrN2O6S/c18-15-4-3-14(27-15)17(23)20-7-16(22)19-6-10(21)8-24-11-1-2-12-13(5-11)26-9-25-12/h1-5,10,21H,6-9H2,(H,19,22)(H,20,23). The van der Waals surface area contributed by atoms with Gasteiger partial charge in [0.1, 0.15) is 18.5 Å². The fourth-order valence-electron chi connectivity index (χ4n) is 2.20. The van der Waals surface area contributed by atoms with Crippen molar-refractivity contribution in [1.82, 2.24) is 10.6 Å². The number of hydrogen-bond acceptors (Lipinski definition) is 7. The summed E-state index contributed by atoms with van der Waals surface area (Å²) in [5.74, 6) is 1.03. The number of amides is 2. The molecule has 1 aromatic heterocycles. The van der Waals surface area contributed by atoms with Crippen molar-refractivity contribution in [3.05, 3.63) is 39.0 Å². The Labute approximate surface area is 167 Å². The number of aliphatic hydroxyl groups is 1. The molecule has 3 rings (SSSR count). The second-order valence-corrected chi connectivity index (χ2v) is 8.03. The maximum absolute atomic E-state index is 11.9. The maximum atomic E-state index is 11.9. The van der Waals surface area contributed by atoms with Crippen LogP contribution in [0.5, 0.6) is 17.2 Å². The monoisotopic (exact) mass is 456 g/mol. The van der Waals surface area contributed by atoms with Crippen molar-refractivity contribution in [1.29, 1.82) is 0 Å². The molecule has 2 heterocycles. The molecule has 0 saturated heterocycles. The highest BCUT2D eigenvalue weighted by Gasteiger charge is 2.15. The molecule has 8 nitrogen and oxygen atoms in total. The zero-order chi connectivity index (χ0) is 19.2. The Kier molecular flexibility index (Phi) is 6.54. The van der Waals surface area contributed by atoms with Gasteiger partial charge in [-0.25, -0.2) is 0 Å². The average Bonchev–Trinajstić information content (AvgIpc) is 3.30. The molecular weight excluding hydrogens is 440 g/mol. The molecule has 0 radical (unpaired) electrons. The van der Waals surface area contributed by atoms with Gasteiger partial charge < -0.3 is 30.0 Å². The first kappa shape index (κ1) is 19.5. The molecule has 1 atom stereocenters. The Morgan fingerprint density at radius 2 is 2.04 bits per heavy atom. The predicted octanol–water partition coefficient (Wildman–Crippen LogP) is 1.53. The lowest BCUT2D eigenvalue weighted by Gasteiger charge is -2.13. The van der Waals surface area contributed by atoms with Crippen molar-refractivity contribution < 1.29 is 28.9 Å². The largest absolute Gasteiger partial charge is 0.491 e. The van der Waals surface area contributed by atoms with Gasteiger partial charge in [-0.15, -0.1) is 11.3 Å². The van der Waals surface area contributed by atoms with Gasteiger partial charge in [-0.1, -0.05) is 0 Å². The van der Waals surface area contributed by atoms with E-state index in [0.717, 1.165) is 3.79 Å². The summed E-state index contributed by atoms with van der Waals surface area (Å²) in [6.45, 7) is -0.00284. The molecule has 10 heteroatoms. The van der Waals surface area contributed by atoms with Gasteiger partial charge in [0, 0.05) is 12.6 Å². The maximum Gasteiger partial charge on any atom is 0.261 e. The fraction of sp³-hybridized carbons (Fsp3) is 0.294. The molecule has 27 heavy (non-hydrogen) atoms. The summed E-state index contributed by atoms with van der Waals surface area (Å²) in [5, 5.41) is 15.0. The number of benzene rings is 1. The van der Waals surface area contributed by atoms with E-state index in [1.54, 1.807) is 30.3 Å². The van der Waals surface area contributed by atoms with Crippen LogP contribution in [-0.2, 0) is 4.79 Å². The quantitative estimate of drug-likeness (QED) is 0.555. The normalized spacial score (nSPS) is 13.1. The molecule has 1 aromatic carbocycles. The van der Waals surface area contributed by atoms with Crippen molar-refractivity contribution >= 4 is 39.1 Å². The number of thiophene rings is 1. The van der Waals surface area contributed by atoms with Crippen LogP contribution in [0, 0.1) is 0 Å². The Hall–Kier alpha value is -2.30. The predicted molar refractivity (Wildman–Crippen MR) is 101 cm³/mol. The number of carbonyl (C=O) groups excluding carboxylic acids is 2. The van der Waals surface area contributed by atoms with E-state index in [-0.39, 0.29) is 32.4 Å². The van der Waals surface area contributed by atoms with Crippen molar-refractivity contribution in [2.45, 2.75) is 6.10 Å². The molecule has 0 saturated carbocycles. The number of ether oxygens (including phenoxy) is 3. The van der Waals surface area contributed by atoms with Gasteiger partial charge in [0.05, 0.1) is 15.2 Å². The van der Waals surface area contributed by atoms with Crippen LogP contribution in [0.3, 0.4) is 0 Å². The highest BCUT2D eigenvalue weighted by molar-refractivity contribution is 9.11. The van der Waals surface area contributed by atoms with Crippen LogP contribution in [-0.4, -0.2) is 49.5 Å². The van der Waals surface area contributed by atoms with Crippen LogP contribution in [0.25, 0.3) is 0 Å². The first-order valence-corrected chi connectivity index (χ1v) is 9.63. The molecule has 0 fully saturated rings. The van der Waals surface area contributed by atoms with Crippen LogP contribution in [0.15, 0.2) is 34.1 Å². The van der Waals surface area contributed by atoms with Crippen molar-refractivity contribution in [2.75, 3.05) is 26.5 Å². The smallest absolute Gasteiger partial charge is 0.261 e. The molecule has 0 aliphatic carbocycles. The van der Waals surface area contributed by atoms with Gasteiger partial charge in [0.25, 0.3) is 5.91 Å². The third-order valence-corrected chi connectivity index (χ3v) is 5.15. The highest BCUT2D eigenvalue weighted by atomic mass is 79.9. The minimum Gasteiger partial charge on any atom is -0.491 e. The Morgan fingerprint density at radius 3 is 2.81 bits per heavy atom. The number of halogens is 1. The molecular formula is C17H17BrN2O6S. The topological polar surface area (TPSA) is 106 Å². The summed E-state index contributed by atoms with van der Waals surface area (Å²) in [4.78, 5) is 24.1. The lowest BCUT2D eigenvalue weighted by molar-refractivity contribution is -0.120. The Balaban J connectivity index is 1.34. The molecule has 1 unspecified atom stereocenters. The third-order valence-electron chi connectivity index (χ3n) is 3.53. The SMILES string of the molecule is O=C(CNC(=O)c1ccc(Br)s1)NCC(O)COc1ccc2c(c1)OCO2. The van der Waals surface area contributed by atoms with E-state index in [1.807, 2.05) is 0 Å². The van der Waals surface area contributed by atoms with E-state index in [4.69, 9.17) is 14.2 Å². The number of nitrogens with one attached hydrogen (secondary N) is 2. The summed E-state index contributed by atoms with van der Waals surface area (Å²) in [6.07, 6.45) is -0.900. The van der Waals surface area contributed by atoms with E-state index in [0.29, 0.717) is 22.1 Å². The highest BCUT2D eigenvalue weighted by Crippen LogP contribution is 2.35. The van der Waals surface area contributed by atoms with Gasteiger partial charge >= 0.3 is 0 Å². The van der Waals surface area contributed by atoms with Crippen molar-refractivity contribution in [2.24, 2.45) is 0 Å². The molecule has 2 amide bonds. The Morgan fingerprint density at radius 1 is 1.22 bits per heavy atom. The van der Waals surface area contributed by atoms with Crippen LogP contribution >= 0.6 is 27.3 Å². The second-order valence-electron chi connectivity index (χ2n) is 5.57. The number of aliphatic hydroxyl groups excluding tert-OH is 1. The lowest BCUT2D eigenvalue weighted by Crippen LogP contribution is -2.41. The Bertz CT molecular complexity index is 828. The van der Waals surface area contributed by atoms with Gasteiger partial charge in [-0.3, -0.25) is 9.59 Å². The van der Waals surface area contributed by atoms with Crippen molar-refractivity contribution in [3.63, 3.8) is 0 Å². The number of rotatable bonds is 8. The summed E-state index contributed by atoms with van der Waals surface area (Å²) in [6, 6.07) is 8.53. The zero-order valence-electron chi connectivity index (χ0n) is 14.1. The van der Waals surface area contributed by atoms with E-state index in [2.05, 4.69) is 26.6 Å². The van der Waals surface area contributed by atoms with Crippen LogP contribution in [0.1, 0.15) is 9.67 Å². The first-order chi connectivity index (χ1) is 13.0. The number of hydrogen-bond donors (Lipinski definition) is 3. The van der Waals surface area contributed by atoms with Crippen LogP contribution in [0.2, 0.25) is 0 Å². The molecule has 3 N–H and O–H groups in total. The van der Waals surface area contributed by atoms with Gasteiger partial charge in [-0.05, 0) is 40.2 Å². The molecule has 2 aromatic rings. The second kappa shape index (κ2) is 9.07. The van der Waals surface area contributed by atoms with Gasteiger partial charge in [0.2, 0.25) is 12.7 Å². The van der Waals surface area contributed by atoms with E-state index >= 15 is 0 Å². The van der Waals surface area contributed by atoms with Gasteiger partial charge in [0.15, 0.2) is 11.5 Å². The van der Waals surface area contributed by atoms with Crippen LogP contribution in [0.4, 0.5) is 0 Å². The summed E-state index contributed by atoms with van der Waals surface area (Å²) < 4.78 is 16.8. The lowest BCUT2D eigenvalue weighted by atomic mass is 10.3. The molecule has 1 aliphatic heterocycles. The summed E-state index contributed by atoms with van der Waals surface area (Å²) >= 11 is 4.55.